The summed E-state index contributed by atoms with van der Waals surface area (Å²) in [6.45, 7) is 0. The summed E-state index contributed by atoms with van der Waals surface area (Å²) < 4.78 is 19.0. The van der Waals surface area contributed by atoms with E-state index in [1.54, 1.807) is 24.3 Å². The summed E-state index contributed by atoms with van der Waals surface area (Å²) in [5.74, 6) is 0.0559. The van der Waals surface area contributed by atoms with E-state index < -0.39 is 5.82 Å². The minimum absolute atomic E-state index is 0.0362. The van der Waals surface area contributed by atoms with Crippen LogP contribution in [0.1, 0.15) is 0 Å². The van der Waals surface area contributed by atoms with Crippen LogP contribution in [0.2, 0.25) is 5.02 Å². The van der Waals surface area contributed by atoms with Gasteiger partial charge in [-0.25, -0.2) is 14.4 Å². The van der Waals surface area contributed by atoms with Crippen LogP contribution in [0.4, 0.5) is 10.1 Å². The number of nitrogens with two attached hydrogens (primary N) is 1. The van der Waals surface area contributed by atoms with E-state index in [1.165, 1.54) is 18.5 Å². The lowest BCUT2D eigenvalue weighted by Crippen LogP contribution is -1.93. The first kappa shape index (κ1) is 12.6. The number of fused-ring (bicyclic) bond motifs is 1. The monoisotopic (exact) mass is 289 g/mol. The van der Waals surface area contributed by atoms with Crippen molar-refractivity contribution in [2.24, 2.45) is 0 Å². The van der Waals surface area contributed by atoms with E-state index in [9.17, 15) is 4.39 Å². The van der Waals surface area contributed by atoms with Gasteiger partial charge in [0.1, 0.15) is 17.9 Å². The van der Waals surface area contributed by atoms with Gasteiger partial charge >= 0.3 is 0 Å². The second-order valence-electron chi connectivity index (χ2n) is 4.13. The smallest absolute Gasteiger partial charge is 0.230 e. The standard InChI is InChI=1S/C14H9ClFN3O/c15-11-3-2-9(6-12(11)16)20-14-10-5-8(17)1-4-13(10)18-7-19-14/h1-7H,17H2. The van der Waals surface area contributed by atoms with Gasteiger partial charge in [0.25, 0.3) is 0 Å². The first-order valence-electron chi connectivity index (χ1n) is 5.76. The van der Waals surface area contributed by atoms with Crippen LogP contribution in [0.15, 0.2) is 42.7 Å². The molecule has 0 atom stereocenters. The van der Waals surface area contributed by atoms with Crippen LogP contribution in [0, 0.1) is 5.82 Å². The summed E-state index contributed by atoms with van der Waals surface area (Å²) >= 11 is 5.63. The molecule has 1 heterocycles. The Morgan fingerprint density at radius 3 is 2.75 bits per heavy atom. The molecular formula is C14H9ClFN3O. The van der Waals surface area contributed by atoms with E-state index in [-0.39, 0.29) is 5.02 Å². The molecule has 0 aliphatic rings. The molecule has 0 saturated heterocycles. The molecule has 0 bridgehead atoms. The Hall–Kier alpha value is -2.40. The van der Waals surface area contributed by atoms with E-state index in [1.807, 2.05) is 0 Å². The molecule has 3 aromatic rings. The van der Waals surface area contributed by atoms with Crippen LogP contribution >= 0.6 is 11.6 Å². The van der Waals surface area contributed by atoms with Crippen molar-refractivity contribution in [3.8, 4) is 11.6 Å². The molecule has 0 saturated carbocycles. The topological polar surface area (TPSA) is 61.0 Å². The number of rotatable bonds is 2. The SMILES string of the molecule is Nc1ccc2ncnc(Oc3ccc(Cl)c(F)c3)c2c1. The number of anilines is 1. The molecule has 0 aliphatic carbocycles. The minimum Gasteiger partial charge on any atom is -0.438 e. The van der Waals surface area contributed by atoms with Gasteiger partial charge in [-0.1, -0.05) is 11.6 Å². The molecule has 0 unspecified atom stereocenters. The summed E-state index contributed by atoms with van der Waals surface area (Å²) in [5, 5.41) is 0.692. The highest BCUT2D eigenvalue weighted by Crippen LogP contribution is 2.29. The normalized spacial score (nSPS) is 10.7. The number of hydrogen-bond acceptors (Lipinski definition) is 4. The average Bonchev–Trinajstić information content (AvgIpc) is 2.44. The number of ether oxygens (including phenoxy) is 1. The molecule has 2 N–H and O–H groups in total. The Bertz CT molecular complexity index is 794. The number of benzene rings is 2. The largest absolute Gasteiger partial charge is 0.438 e. The molecule has 0 spiro atoms. The van der Waals surface area contributed by atoms with Gasteiger partial charge in [0.2, 0.25) is 5.88 Å². The fraction of sp³-hybridized carbons (Fsp3) is 0. The number of nitrogens with zero attached hydrogens (tertiary/aromatic N) is 2. The van der Waals surface area contributed by atoms with Crippen molar-refractivity contribution >= 4 is 28.2 Å². The lowest BCUT2D eigenvalue weighted by atomic mass is 10.2. The summed E-state index contributed by atoms with van der Waals surface area (Å²) in [6.07, 6.45) is 1.38. The molecule has 4 nitrogen and oxygen atoms in total. The predicted molar refractivity (Wildman–Crippen MR) is 75.4 cm³/mol. The summed E-state index contributed by atoms with van der Waals surface area (Å²) in [7, 11) is 0. The third-order valence-corrected chi connectivity index (χ3v) is 3.03. The van der Waals surface area contributed by atoms with Gasteiger partial charge in [-0.2, -0.15) is 0 Å². The second kappa shape index (κ2) is 4.94. The van der Waals surface area contributed by atoms with Gasteiger partial charge in [-0.15, -0.1) is 0 Å². The number of hydrogen-bond donors (Lipinski definition) is 1. The van der Waals surface area contributed by atoms with Gasteiger partial charge in [-0.05, 0) is 30.3 Å². The van der Waals surface area contributed by atoms with Crippen LogP contribution in [0.5, 0.6) is 11.6 Å². The molecule has 6 heteroatoms. The maximum atomic E-state index is 13.4. The number of aromatic nitrogens is 2. The molecule has 100 valence electrons. The van der Waals surface area contributed by atoms with Crippen LogP contribution in [-0.2, 0) is 0 Å². The maximum Gasteiger partial charge on any atom is 0.230 e. The zero-order chi connectivity index (χ0) is 14.1. The third kappa shape index (κ3) is 2.35. The van der Waals surface area contributed by atoms with Crippen molar-refractivity contribution in [3.63, 3.8) is 0 Å². The molecule has 0 radical (unpaired) electrons. The third-order valence-electron chi connectivity index (χ3n) is 2.73. The van der Waals surface area contributed by atoms with Crippen LogP contribution in [0.3, 0.4) is 0 Å². The van der Waals surface area contributed by atoms with Crippen molar-refractivity contribution < 1.29 is 9.13 Å². The lowest BCUT2D eigenvalue weighted by molar-refractivity contribution is 0.463. The predicted octanol–water partition coefficient (Wildman–Crippen LogP) is 3.80. The highest BCUT2D eigenvalue weighted by atomic mass is 35.5. The fourth-order valence-corrected chi connectivity index (χ4v) is 1.90. The molecule has 0 aliphatic heterocycles. The van der Waals surface area contributed by atoms with Crippen molar-refractivity contribution in [2.75, 3.05) is 5.73 Å². The first-order chi connectivity index (χ1) is 9.63. The van der Waals surface area contributed by atoms with Crippen molar-refractivity contribution in [2.45, 2.75) is 0 Å². The summed E-state index contributed by atoms with van der Waals surface area (Å²) in [5.41, 5.74) is 7.00. The van der Waals surface area contributed by atoms with Crippen LogP contribution in [-0.4, -0.2) is 9.97 Å². The van der Waals surface area contributed by atoms with Crippen molar-refractivity contribution in [1.29, 1.82) is 0 Å². The fourth-order valence-electron chi connectivity index (χ4n) is 1.78. The molecular weight excluding hydrogens is 281 g/mol. The van der Waals surface area contributed by atoms with Gasteiger partial charge < -0.3 is 10.5 Å². The number of halogens is 2. The second-order valence-corrected chi connectivity index (χ2v) is 4.54. The zero-order valence-electron chi connectivity index (χ0n) is 10.2. The number of nitrogen functional groups attached to an aromatic ring is 1. The van der Waals surface area contributed by atoms with E-state index >= 15 is 0 Å². The van der Waals surface area contributed by atoms with Crippen molar-refractivity contribution in [3.05, 3.63) is 53.6 Å². The van der Waals surface area contributed by atoms with Gasteiger partial charge in [0.05, 0.1) is 15.9 Å². The summed E-state index contributed by atoms with van der Waals surface area (Å²) in [6, 6.07) is 9.39. The molecule has 0 fully saturated rings. The molecule has 20 heavy (non-hydrogen) atoms. The molecule has 3 rings (SSSR count). The van der Waals surface area contributed by atoms with E-state index in [0.717, 1.165) is 0 Å². The molecule has 1 aromatic heterocycles. The Morgan fingerprint density at radius 1 is 1.10 bits per heavy atom. The molecule has 0 amide bonds. The minimum atomic E-state index is -0.554. The zero-order valence-corrected chi connectivity index (χ0v) is 10.9. The maximum absolute atomic E-state index is 13.4. The quantitative estimate of drug-likeness (QED) is 0.729. The van der Waals surface area contributed by atoms with Gasteiger partial charge in [0, 0.05) is 11.8 Å². The Balaban J connectivity index is 2.05. The average molecular weight is 290 g/mol. The van der Waals surface area contributed by atoms with Gasteiger partial charge in [-0.3, -0.25) is 0 Å². The van der Waals surface area contributed by atoms with Crippen LogP contribution < -0.4 is 10.5 Å². The Morgan fingerprint density at radius 2 is 1.95 bits per heavy atom. The highest BCUT2D eigenvalue weighted by Gasteiger charge is 2.08. The lowest BCUT2D eigenvalue weighted by Gasteiger charge is -2.08. The van der Waals surface area contributed by atoms with E-state index in [2.05, 4.69) is 9.97 Å². The first-order valence-corrected chi connectivity index (χ1v) is 6.14. The Labute approximate surface area is 119 Å². The summed E-state index contributed by atoms with van der Waals surface area (Å²) in [4.78, 5) is 8.17. The highest BCUT2D eigenvalue weighted by molar-refractivity contribution is 6.30. The van der Waals surface area contributed by atoms with Crippen LogP contribution in [0.25, 0.3) is 10.9 Å². The Kier molecular flexibility index (Phi) is 3.12. The van der Waals surface area contributed by atoms with E-state index in [4.69, 9.17) is 22.1 Å². The van der Waals surface area contributed by atoms with E-state index in [0.29, 0.717) is 28.2 Å². The molecule has 2 aromatic carbocycles. The van der Waals surface area contributed by atoms with Gasteiger partial charge in [0.15, 0.2) is 0 Å². The van der Waals surface area contributed by atoms with Crippen molar-refractivity contribution in [1.82, 2.24) is 9.97 Å².